The summed E-state index contributed by atoms with van der Waals surface area (Å²) < 4.78 is 5.88. The second-order valence-corrected chi connectivity index (χ2v) is 4.41. The molecule has 1 aliphatic carbocycles. The van der Waals surface area contributed by atoms with Crippen LogP contribution in [0.15, 0.2) is 12.1 Å². The maximum Gasteiger partial charge on any atom is 0.233 e. The zero-order valence-corrected chi connectivity index (χ0v) is 9.72. The van der Waals surface area contributed by atoms with Crippen molar-refractivity contribution in [3.05, 3.63) is 12.1 Å². The normalized spacial score (nSPS) is 25.3. The average Bonchev–Trinajstić information content (AvgIpc) is 2.33. The van der Waals surface area contributed by atoms with E-state index in [1.54, 1.807) is 12.1 Å². The number of hydrogen-bond acceptors (Lipinski definition) is 4. The molecular formula is C12H19N3O. The lowest BCUT2D eigenvalue weighted by atomic mass is 9.85. The maximum absolute atomic E-state index is 5.88. The lowest BCUT2D eigenvalue weighted by Crippen LogP contribution is -2.30. The molecule has 0 spiro atoms. The Morgan fingerprint density at radius 3 is 2.81 bits per heavy atom. The number of anilines is 1. The molecule has 0 saturated heterocycles. The smallest absolute Gasteiger partial charge is 0.233 e. The summed E-state index contributed by atoms with van der Waals surface area (Å²) in [5, 5.41) is 7.74. The Hall–Kier alpha value is -1.32. The van der Waals surface area contributed by atoms with Gasteiger partial charge in [0.15, 0.2) is 0 Å². The van der Waals surface area contributed by atoms with Gasteiger partial charge in [-0.3, -0.25) is 0 Å². The van der Waals surface area contributed by atoms with Gasteiger partial charge in [0.2, 0.25) is 5.88 Å². The Morgan fingerprint density at radius 1 is 1.31 bits per heavy atom. The molecule has 4 heteroatoms. The van der Waals surface area contributed by atoms with Gasteiger partial charge in [-0.1, -0.05) is 13.3 Å². The first-order valence-electron chi connectivity index (χ1n) is 6.05. The lowest BCUT2D eigenvalue weighted by Gasteiger charge is -2.30. The molecule has 88 valence electrons. The molecule has 1 saturated carbocycles. The number of hydrogen-bond donors (Lipinski definition) is 1. The molecule has 0 radical (unpaired) electrons. The summed E-state index contributed by atoms with van der Waals surface area (Å²) in [7, 11) is 0. The summed E-state index contributed by atoms with van der Waals surface area (Å²) in [6, 6.07) is 3.52. The average molecular weight is 221 g/mol. The van der Waals surface area contributed by atoms with Crippen molar-refractivity contribution in [2.45, 2.75) is 45.1 Å². The van der Waals surface area contributed by atoms with Crippen LogP contribution in [-0.2, 0) is 0 Å². The van der Waals surface area contributed by atoms with Gasteiger partial charge in [-0.2, -0.15) is 0 Å². The Kier molecular flexibility index (Phi) is 3.59. The molecule has 2 N–H and O–H groups in total. The van der Waals surface area contributed by atoms with Crippen LogP contribution in [0.25, 0.3) is 0 Å². The minimum absolute atomic E-state index is 0.302. The van der Waals surface area contributed by atoms with Crippen LogP contribution in [0.3, 0.4) is 0 Å². The fourth-order valence-electron chi connectivity index (χ4n) is 2.34. The van der Waals surface area contributed by atoms with Crippen LogP contribution >= 0.6 is 0 Å². The van der Waals surface area contributed by atoms with Gasteiger partial charge < -0.3 is 10.5 Å². The van der Waals surface area contributed by atoms with Gasteiger partial charge >= 0.3 is 0 Å². The second-order valence-electron chi connectivity index (χ2n) is 4.41. The molecular weight excluding hydrogens is 202 g/mol. The van der Waals surface area contributed by atoms with Crippen LogP contribution in [0.2, 0.25) is 0 Å². The van der Waals surface area contributed by atoms with E-state index in [-0.39, 0.29) is 0 Å². The van der Waals surface area contributed by atoms with Crippen LogP contribution < -0.4 is 10.5 Å². The van der Waals surface area contributed by atoms with Crippen LogP contribution in [-0.4, -0.2) is 16.3 Å². The van der Waals surface area contributed by atoms with E-state index in [0.29, 0.717) is 23.7 Å². The van der Waals surface area contributed by atoms with Crippen LogP contribution in [0.4, 0.5) is 5.82 Å². The van der Waals surface area contributed by atoms with Crippen molar-refractivity contribution >= 4 is 5.82 Å². The number of ether oxygens (including phenoxy) is 1. The van der Waals surface area contributed by atoms with Gasteiger partial charge in [-0.15, -0.1) is 10.2 Å². The molecule has 2 atom stereocenters. The molecule has 1 aromatic heterocycles. The number of aromatic nitrogens is 2. The molecule has 0 amide bonds. The monoisotopic (exact) mass is 221 g/mol. The van der Waals surface area contributed by atoms with Gasteiger partial charge in [0.05, 0.1) is 0 Å². The highest BCUT2D eigenvalue weighted by Crippen LogP contribution is 2.29. The number of rotatable bonds is 3. The fourth-order valence-corrected chi connectivity index (χ4v) is 2.34. The summed E-state index contributed by atoms with van der Waals surface area (Å²) in [5.41, 5.74) is 5.48. The summed E-state index contributed by atoms with van der Waals surface area (Å²) >= 11 is 0. The highest BCUT2D eigenvalue weighted by molar-refractivity contribution is 5.27. The van der Waals surface area contributed by atoms with Crippen molar-refractivity contribution in [1.29, 1.82) is 0 Å². The molecule has 0 aromatic carbocycles. The Balaban J connectivity index is 1.99. The van der Waals surface area contributed by atoms with E-state index < -0.39 is 0 Å². The minimum Gasteiger partial charge on any atom is -0.473 e. The SMILES string of the molecule is CCC1CCCCC1Oc1ccc(N)nn1. The second kappa shape index (κ2) is 5.14. The van der Waals surface area contributed by atoms with Crippen LogP contribution in [0.1, 0.15) is 39.0 Å². The molecule has 2 rings (SSSR count). The summed E-state index contributed by atoms with van der Waals surface area (Å²) in [6.45, 7) is 2.22. The zero-order chi connectivity index (χ0) is 11.4. The van der Waals surface area contributed by atoms with E-state index in [4.69, 9.17) is 10.5 Å². The molecule has 0 aliphatic heterocycles. The van der Waals surface area contributed by atoms with E-state index in [1.165, 1.54) is 25.7 Å². The zero-order valence-electron chi connectivity index (χ0n) is 9.72. The number of nitrogens with zero attached hydrogens (tertiary/aromatic N) is 2. The molecule has 16 heavy (non-hydrogen) atoms. The summed E-state index contributed by atoms with van der Waals surface area (Å²) in [4.78, 5) is 0. The molecule has 1 aliphatic rings. The van der Waals surface area contributed by atoms with Crippen molar-refractivity contribution in [2.75, 3.05) is 5.73 Å². The van der Waals surface area contributed by atoms with Gasteiger partial charge in [0, 0.05) is 6.07 Å². The van der Waals surface area contributed by atoms with E-state index in [9.17, 15) is 0 Å². The molecule has 1 fully saturated rings. The number of nitrogen functional groups attached to an aromatic ring is 1. The lowest BCUT2D eigenvalue weighted by molar-refractivity contribution is 0.0849. The van der Waals surface area contributed by atoms with E-state index in [1.807, 2.05) is 0 Å². The van der Waals surface area contributed by atoms with Crippen molar-refractivity contribution in [3.8, 4) is 5.88 Å². The first-order valence-corrected chi connectivity index (χ1v) is 6.05. The molecule has 0 bridgehead atoms. The molecule has 1 heterocycles. The third-order valence-electron chi connectivity index (χ3n) is 3.30. The minimum atomic E-state index is 0.302. The highest BCUT2D eigenvalue weighted by Gasteiger charge is 2.25. The number of nitrogens with two attached hydrogens (primary N) is 1. The Labute approximate surface area is 96.2 Å². The predicted molar refractivity (Wildman–Crippen MR) is 63.1 cm³/mol. The fraction of sp³-hybridized carbons (Fsp3) is 0.667. The first kappa shape index (κ1) is 11.2. The van der Waals surface area contributed by atoms with E-state index in [0.717, 1.165) is 6.42 Å². The summed E-state index contributed by atoms with van der Waals surface area (Å²) in [5.74, 6) is 1.69. The van der Waals surface area contributed by atoms with E-state index in [2.05, 4.69) is 17.1 Å². The quantitative estimate of drug-likeness (QED) is 0.851. The first-order chi connectivity index (χ1) is 7.79. The van der Waals surface area contributed by atoms with Gasteiger partial charge in [-0.25, -0.2) is 0 Å². The standard InChI is InChI=1S/C12H19N3O/c1-2-9-5-3-4-6-10(9)16-12-8-7-11(13)14-15-12/h7-10H,2-6H2,1H3,(H2,13,14). The third kappa shape index (κ3) is 2.62. The van der Waals surface area contributed by atoms with E-state index >= 15 is 0 Å². The van der Waals surface area contributed by atoms with Crippen LogP contribution in [0, 0.1) is 5.92 Å². The Bertz CT molecular complexity index is 326. The highest BCUT2D eigenvalue weighted by atomic mass is 16.5. The molecule has 1 aromatic rings. The van der Waals surface area contributed by atoms with Crippen molar-refractivity contribution < 1.29 is 4.74 Å². The topological polar surface area (TPSA) is 61.0 Å². The Morgan fingerprint density at radius 2 is 2.12 bits per heavy atom. The summed E-state index contributed by atoms with van der Waals surface area (Å²) in [6.07, 6.45) is 6.45. The molecule has 4 nitrogen and oxygen atoms in total. The molecule has 2 unspecified atom stereocenters. The van der Waals surface area contributed by atoms with Gasteiger partial charge in [0.1, 0.15) is 11.9 Å². The van der Waals surface area contributed by atoms with Gasteiger partial charge in [0.25, 0.3) is 0 Å². The third-order valence-corrected chi connectivity index (χ3v) is 3.30. The van der Waals surface area contributed by atoms with Crippen molar-refractivity contribution in [1.82, 2.24) is 10.2 Å². The van der Waals surface area contributed by atoms with Crippen molar-refractivity contribution in [2.24, 2.45) is 5.92 Å². The van der Waals surface area contributed by atoms with Gasteiger partial charge in [-0.05, 0) is 37.7 Å². The van der Waals surface area contributed by atoms with Crippen molar-refractivity contribution in [3.63, 3.8) is 0 Å². The predicted octanol–water partition coefficient (Wildman–Crippen LogP) is 2.41. The largest absolute Gasteiger partial charge is 0.473 e. The maximum atomic E-state index is 5.88. The van der Waals surface area contributed by atoms with Crippen LogP contribution in [0.5, 0.6) is 5.88 Å².